The molecule has 0 spiro atoms. The second-order valence-corrected chi connectivity index (χ2v) is 6.99. The molecule has 3 N–H and O–H groups in total. The van der Waals surface area contributed by atoms with E-state index in [1.54, 1.807) is 13.2 Å². The lowest BCUT2D eigenvalue weighted by molar-refractivity contribution is -0.136. The molecule has 0 aliphatic carbocycles. The Morgan fingerprint density at radius 1 is 1.41 bits per heavy atom. The monoisotopic (exact) mass is 388 g/mol. The second kappa shape index (κ2) is 8.23. The topological polar surface area (TPSA) is 122 Å². The van der Waals surface area contributed by atoms with E-state index in [0.717, 1.165) is 11.1 Å². The summed E-state index contributed by atoms with van der Waals surface area (Å²) in [4.78, 5) is 19.1. The van der Waals surface area contributed by atoms with Crippen molar-refractivity contribution in [3.63, 3.8) is 0 Å². The van der Waals surface area contributed by atoms with Gasteiger partial charge in [-0.1, -0.05) is 23.7 Å². The number of hydrogen-bond acceptors (Lipinski definition) is 6. The number of carbonyl (C=O) groups is 1. The van der Waals surface area contributed by atoms with Crippen LogP contribution in [-0.2, 0) is 23.1 Å². The standard InChI is InChI=1S/C19H21ClN4O3/c1-19(2,10-21)12-4-6-15(27-3)11(8-12)9-13-14(5-7-16(25)26)23-18(22)24-17(13)20/h4,6,8H,5,7,9H2,1-3H3,(H,25,26)(H2,22,23,24). The van der Waals surface area contributed by atoms with Crippen molar-refractivity contribution in [2.75, 3.05) is 12.8 Å². The number of rotatable bonds is 7. The number of nitriles is 1. The van der Waals surface area contributed by atoms with Gasteiger partial charge < -0.3 is 15.6 Å². The van der Waals surface area contributed by atoms with Crippen LogP contribution in [0.2, 0.25) is 5.15 Å². The molecule has 0 bridgehead atoms. The maximum absolute atomic E-state index is 10.9. The SMILES string of the molecule is COc1ccc(C(C)(C)C#N)cc1Cc1c(Cl)nc(N)nc1CCC(=O)O. The molecule has 142 valence electrons. The summed E-state index contributed by atoms with van der Waals surface area (Å²) in [5.41, 5.74) is 7.71. The number of nitrogen functional groups attached to an aromatic ring is 1. The number of carboxylic acids is 1. The fourth-order valence-electron chi connectivity index (χ4n) is 2.69. The van der Waals surface area contributed by atoms with Gasteiger partial charge >= 0.3 is 5.97 Å². The highest BCUT2D eigenvalue weighted by molar-refractivity contribution is 6.30. The quantitative estimate of drug-likeness (QED) is 0.698. The number of nitrogens with two attached hydrogens (primary N) is 1. The van der Waals surface area contributed by atoms with Crippen LogP contribution in [0.15, 0.2) is 18.2 Å². The largest absolute Gasteiger partial charge is 0.496 e. The van der Waals surface area contributed by atoms with E-state index >= 15 is 0 Å². The lowest BCUT2D eigenvalue weighted by Gasteiger charge is -2.19. The zero-order valence-electron chi connectivity index (χ0n) is 15.4. The molecular weight excluding hydrogens is 368 g/mol. The van der Waals surface area contributed by atoms with E-state index < -0.39 is 11.4 Å². The Bertz CT molecular complexity index is 907. The normalized spacial score (nSPS) is 11.1. The van der Waals surface area contributed by atoms with Gasteiger partial charge in [0.2, 0.25) is 5.95 Å². The summed E-state index contributed by atoms with van der Waals surface area (Å²) in [5, 5.41) is 18.6. The Morgan fingerprint density at radius 3 is 2.70 bits per heavy atom. The Morgan fingerprint density at radius 2 is 2.11 bits per heavy atom. The predicted octanol–water partition coefficient (Wildman–Crippen LogP) is 3.13. The number of aliphatic carboxylic acids is 1. The number of nitrogens with zero attached hydrogens (tertiary/aromatic N) is 3. The van der Waals surface area contributed by atoms with E-state index in [1.165, 1.54) is 0 Å². The highest BCUT2D eigenvalue weighted by Crippen LogP contribution is 2.31. The van der Waals surface area contributed by atoms with Crippen molar-refractivity contribution < 1.29 is 14.6 Å². The second-order valence-electron chi connectivity index (χ2n) is 6.63. The van der Waals surface area contributed by atoms with Gasteiger partial charge in [0, 0.05) is 18.4 Å². The average Bonchev–Trinajstić information content (AvgIpc) is 2.62. The molecule has 2 rings (SSSR count). The highest BCUT2D eigenvalue weighted by Gasteiger charge is 2.22. The van der Waals surface area contributed by atoms with Crippen LogP contribution in [0.3, 0.4) is 0 Å². The number of halogens is 1. The molecule has 2 aromatic rings. The molecule has 8 heteroatoms. The minimum Gasteiger partial charge on any atom is -0.496 e. The van der Waals surface area contributed by atoms with E-state index in [-0.39, 0.29) is 23.9 Å². The van der Waals surface area contributed by atoms with Crippen molar-refractivity contribution in [3.05, 3.63) is 45.7 Å². The Balaban J connectivity index is 2.51. The van der Waals surface area contributed by atoms with E-state index in [4.69, 9.17) is 27.2 Å². The minimum absolute atomic E-state index is 0.00420. The lowest BCUT2D eigenvalue weighted by atomic mass is 9.84. The van der Waals surface area contributed by atoms with Gasteiger partial charge in [0.1, 0.15) is 10.9 Å². The van der Waals surface area contributed by atoms with Gasteiger partial charge in [-0.3, -0.25) is 4.79 Å². The van der Waals surface area contributed by atoms with E-state index in [9.17, 15) is 10.1 Å². The van der Waals surface area contributed by atoms with Gasteiger partial charge in [0.25, 0.3) is 0 Å². The summed E-state index contributed by atoms with van der Waals surface area (Å²) in [6, 6.07) is 7.80. The number of ether oxygens (including phenoxy) is 1. The number of methoxy groups -OCH3 is 1. The van der Waals surface area contributed by atoms with Gasteiger partial charge in [-0.15, -0.1) is 0 Å². The van der Waals surface area contributed by atoms with Crippen LogP contribution in [0.1, 0.15) is 42.7 Å². The Hall–Kier alpha value is -2.85. The molecule has 0 unspecified atom stereocenters. The molecule has 0 saturated carbocycles. The Labute approximate surface area is 162 Å². The lowest BCUT2D eigenvalue weighted by Crippen LogP contribution is -2.15. The Kier molecular flexibility index (Phi) is 6.24. The molecule has 0 amide bonds. The highest BCUT2D eigenvalue weighted by atomic mass is 35.5. The summed E-state index contributed by atoms with van der Waals surface area (Å²) in [6.07, 6.45) is 0.411. The molecule has 7 nitrogen and oxygen atoms in total. The number of aryl methyl sites for hydroxylation is 1. The summed E-state index contributed by atoms with van der Waals surface area (Å²) in [6.45, 7) is 3.66. The maximum Gasteiger partial charge on any atom is 0.303 e. The summed E-state index contributed by atoms with van der Waals surface area (Å²) in [5.74, 6) is -0.315. The summed E-state index contributed by atoms with van der Waals surface area (Å²) >= 11 is 6.28. The first kappa shape index (κ1) is 20.5. The fourth-order valence-corrected chi connectivity index (χ4v) is 2.95. The summed E-state index contributed by atoms with van der Waals surface area (Å²) < 4.78 is 5.43. The third kappa shape index (κ3) is 4.86. The number of hydrogen-bond donors (Lipinski definition) is 2. The van der Waals surface area contributed by atoms with Gasteiger partial charge in [0.15, 0.2) is 0 Å². The molecule has 0 atom stereocenters. The van der Waals surface area contributed by atoms with Crippen LogP contribution in [0.5, 0.6) is 5.75 Å². The molecule has 0 aliphatic heterocycles. The summed E-state index contributed by atoms with van der Waals surface area (Å²) in [7, 11) is 1.56. The first-order valence-corrected chi connectivity index (χ1v) is 8.67. The molecule has 0 fully saturated rings. The number of carboxylic acid groups (broad SMARTS) is 1. The molecule has 0 aliphatic rings. The van der Waals surface area contributed by atoms with Crippen molar-refractivity contribution in [1.82, 2.24) is 9.97 Å². The number of benzene rings is 1. The van der Waals surface area contributed by atoms with Gasteiger partial charge in [-0.2, -0.15) is 5.26 Å². The molecule has 1 aromatic heterocycles. The smallest absolute Gasteiger partial charge is 0.303 e. The average molecular weight is 389 g/mol. The minimum atomic E-state index is -0.940. The van der Waals surface area contributed by atoms with E-state index in [0.29, 0.717) is 23.4 Å². The molecule has 27 heavy (non-hydrogen) atoms. The molecule has 1 aromatic carbocycles. The van der Waals surface area contributed by atoms with Crippen LogP contribution < -0.4 is 10.5 Å². The molecular formula is C19H21ClN4O3. The van der Waals surface area contributed by atoms with Crippen LogP contribution in [0.4, 0.5) is 5.95 Å². The van der Waals surface area contributed by atoms with Crippen molar-refractivity contribution in [3.8, 4) is 11.8 Å². The fraction of sp³-hybridized carbons (Fsp3) is 0.368. The molecule has 0 radical (unpaired) electrons. The van der Waals surface area contributed by atoms with Crippen LogP contribution in [-0.4, -0.2) is 28.2 Å². The van der Waals surface area contributed by atoms with E-state index in [2.05, 4.69) is 16.0 Å². The number of anilines is 1. The number of aromatic nitrogens is 2. The predicted molar refractivity (Wildman–Crippen MR) is 102 cm³/mol. The zero-order chi connectivity index (χ0) is 20.2. The van der Waals surface area contributed by atoms with Crippen molar-refractivity contribution in [2.45, 2.75) is 38.5 Å². The van der Waals surface area contributed by atoms with Gasteiger partial charge in [-0.25, -0.2) is 9.97 Å². The third-order valence-electron chi connectivity index (χ3n) is 4.28. The van der Waals surface area contributed by atoms with Gasteiger partial charge in [0.05, 0.1) is 30.7 Å². The van der Waals surface area contributed by atoms with E-state index in [1.807, 2.05) is 26.0 Å². The maximum atomic E-state index is 10.9. The first-order chi connectivity index (χ1) is 12.7. The van der Waals surface area contributed by atoms with Crippen molar-refractivity contribution in [2.24, 2.45) is 0 Å². The van der Waals surface area contributed by atoms with Crippen molar-refractivity contribution >= 4 is 23.5 Å². The van der Waals surface area contributed by atoms with Crippen LogP contribution in [0.25, 0.3) is 0 Å². The van der Waals surface area contributed by atoms with Crippen molar-refractivity contribution in [1.29, 1.82) is 5.26 Å². The molecule has 0 saturated heterocycles. The van der Waals surface area contributed by atoms with Crippen LogP contribution in [0, 0.1) is 11.3 Å². The zero-order valence-corrected chi connectivity index (χ0v) is 16.2. The van der Waals surface area contributed by atoms with Crippen LogP contribution >= 0.6 is 11.6 Å². The first-order valence-electron chi connectivity index (χ1n) is 8.29. The third-order valence-corrected chi connectivity index (χ3v) is 4.60. The molecule has 1 heterocycles. The van der Waals surface area contributed by atoms with Gasteiger partial charge in [-0.05, 0) is 31.0 Å².